The third kappa shape index (κ3) is 1.41. The number of H-pyrrole nitrogens is 1. The van der Waals surface area contributed by atoms with Crippen LogP contribution >= 0.6 is 0 Å². The van der Waals surface area contributed by atoms with Gasteiger partial charge in [0.2, 0.25) is 0 Å². The van der Waals surface area contributed by atoms with Crippen molar-refractivity contribution in [3.8, 4) is 0 Å². The van der Waals surface area contributed by atoms with E-state index >= 15 is 0 Å². The van der Waals surface area contributed by atoms with Gasteiger partial charge in [-0.1, -0.05) is 13.0 Å². The zero-order valence-electron chi connectivity index (χ0n) is 6.09. The highest BCUT2D eigenvalue weighted by Gasteiger charge is 1.91. The fourth-order valence-electron chi connectivity index (χ4n) is 0.774. The van der Waals surface area contributed by atoms with Crippen molar-refractivity contribution >= 4 is 11.8 Å². The molecule has 3 N–H and O–H groups in total. The van der Waals surface area contributed by atoms with Crippen molar-refractivity contribution in [3.05, 3.63) is 24.0 Å². The summed E-state index contributed by atoms with van der Waals surface area (Å²) in [7, 11) is 0. The number of hydrogen-bond acceptors (Lipinski definition) is 1. The Morgan fingerprint density at radius 1 is 1.70 bits per heavy atom. The second-order valence-corrected chi connectivity index (χ2v) is 2.16. The van der Waals surface area contributed by atoms with E-state index in [0.29, 0.717) is 0 Å². The number of anilines is 1. The summed E-state index contributed by atoms with van der Waals surface area (Å²) in [5.74, 6) is 0. The van der Waals surface area contributed by atoms with E-state index in [4.69, 9.17) is 5.73 Å². The van der Waals surface area contributed by atoms with Crippen molar-refractivity contribution in [2.45, 2.75) is 13.3 Å². The molecule has 0 aliphatic rings. The minimum Gasteiger partial charge on any atom is -0.397 e. The van der Waals surface area contributed by atoms with Crippen molar-refractivity contribution < 1.29 is 0 Å². The summed E-state index contributed by atoms with van der Waals surface area (Å²) in [4.78, 5) is 3.03. The second-order valence-electron chi connectivity index (χ2n) is 2.16. The van der Waals surface area contributed by atoms with Crippen molar-refractivity contribution in [2.75, 3.05) is 5.73 Å². The Morgan fingerprint density at radius 3 is 3.00 bits per heavy atom. The van der Waals surface area contributed by atoms with Crippen molar-refractivity contribution in [1.29, 1.82) is 0 Å². The maximum atomic E-state index is 5.60. The van der Waals surface area contributed by atoms with Gasteiger partial charge in [-0.15, -0.1) is 0 Å². The second kappa shape index (κ2) is 3.11. The molecular formula is C8H12N2. The molecule has 0 unspecified atom stereocenters. The molecule has 1 aromatic rings. The summed E-state index contributed by atoms with van der Waals surface area (Å²) in [5.41, 5.74) is 7.41. The maximum absolute atomic E-state index is 5.60. The van der Waals surface area contributed by atoms with Crippen LogP contribution in [-0.2, 0) is 0 Å². The molecule has 0 aromatic carbocycles. The lowest BCUT2D eigenvalue weighted by molar-refractivity contribution is 1.23. The third-order valence-corrected chi connectivity index (χ3v) is 1.33. The van der Waals surface area contributed by atoms with Gasteiger partial charge in [-0.25, -0.2) is 0 Å². The van der Waals surface area contributed by atoms with E-state index in [0.717, 1.165) is 17.8 Å². The van der Waals surface area contributed by atoms with Gasteiger partial charge in [-0.3, -0.25) is 0 Å². The molecule has 0 radical (unpaired) electrons. The highest BCUT2D eigenvalue weighted by Crippen LogP contribution is 2.09. The average molecular weight is 136 g/mol. The number of aromatic amines is 1. The smallest absolute Gasteiger partial charge is 0.0610 e. The molecule has 0 saturated heterocycles. The van der Waals surface area contributed by atoms with Crippen LogP contribution in [0.4, 0.5) is 5.69 Å². The Hall–Kier alpha value is -1.18. The summed E-state index contributed by atoms with van der Waals surface area (Å²) in [5, 5.41) is 0. The van der Waals surface area contributed by atoms with Crippen LogP contribution in [0, 0.1) is 0 Å². The molecule has 2 nitrogen and oxygen atoms in total. The van der Waals surface area contributed by atoms with Crippen molar-refractivity contribution in [1.82, 2.24) is 4.98 Å². The summed E-state index contributed by atoms with van der Waals surface area (Å²) >= 11 is 0. The van der Waals surface area contributed by atoms with E-state index in [1.807, 2.05) is 18.3 Å². The Morgan fingerprint density at radius 2 is 2.50 bits per heavy atom. The number of rotatable bonds is 2. The predicted molar refractivity (Wildman–Crippen MR) is 44.5 cm³/mol. The first kappa shape index (κ1) is 6.93. The Labute approximate surface area is 60.8 Å². The van der Waals surface area contributed by atoms with E-state index in [9.17, 15) is 0 Å². The van der Waals surface area contributed by atoms with Gasteiger partial charge >= 0.3 is 0 Å². The van der Waals surface area contributed by atoms with E-state index in [1.165, 1.54) is 0 Å². The third-order valence-electron chi connectivity index (χ3n) is 1.33. The van der Waals surface area contributed by atoms with Gasteiger partial charge in [0.05, 0.1) is 11.4 Å². The van der Waals surface area contributed by atoms with Gasteiger partial charge in [-0.05, 0) is 18.6 Å². The Bertz CT molecular complexity index is 223. The first-order valence-corrected chi connectivity index (χ1v) is 3.44. The van der Waals surface area contributed by atoms with Gasteiger partial charge in [-0.2, -0.15) is 0 Å². The number of nitrogens with one attached hydrogen (secondary N) is 1. The van der Waals surface area contributed by atoms with Gasteiger partial charge in [0.1, 0.15) is 0 Å². The zero-order chi connectivity index (χ0) is 7.40. The normalized spacial score (nSPS) is 10.9. The predicted octanol–water partition coefficient (Wildman–Crippen LogP) is 2.02. The first-order chi connectivity index (χ1) is 4.84. The van der Waals surface area contributed by atoms with Crippen LogP contribution in [0.25, 0.3) is 6.08 Å². The lowest BCUT2D eigenvalue weighted by Gasteiger charge is -1.88. The molecule has 0 bridgehead atoms. The Kier molecular flexibility index (Phi) is 2.15. The van der Waals surface area contributed by atoms with Crippen LogP contribution in [0.1, 0.15) is 19.0 Å². The molecule has 0 aliphatic heterocycles. The summed E-state index contributed by atoms with van der Waals surface area (Å²) in [6, 6.07) is 1.86. The molecule has 10 heavy (non-hydrogen) atoms. The molecular weight excluding hydrogens is 124 g/mol. The van der Waals surface area contributed by atoms with Crippen LogP contribution in [0.5, 0.6) is 0 Å². The lowest BCUT2D eigenvalue weighted by Crippen LogP contribution is -1.83. The van der Waals surface area contributed by atoms with Crippen LogP contribution in [-0.4, -0.2) is 4.98 Å². The number of aromatic nitrogens is 1. The van der Waals surface area contributed by atoms with Crippen LogP contribution in [0.3, 0.4) is 0 Å². The summed E-state index contributed by atoms with van der Waals surface area (Å²) in [6.07, 6.45) is 6.95. The number of hydrogen-bond donors (Lipinski definition) is 2. The largest absolute Gasteiger partial charge is 0.397 e. The molecule has 0 aliphatic carbocycles. The lowest BCUT2D eigenvalue weighted by atomic mass is 10.3. The van der Waals surface area contributed by atoms with Gasteiger partial charge in [0.25, 0.3) is 0 Å². The minimum absolute atomic E-state index is 0.810. The van der Waals surface area contributed by atoms with E-state index < -0.39 is 0 Å². The van der Waals surface area contributed by atoms with E-state index in [1.54, 1.807) is 0 Å². The zero-order valence-corrected chi connectivity index (χ0v) is 6.09. The topological polar surface area (TPSA) is 41.8 Å². The minimum atomic E-state index is 0.810. The standard InChI is InChI=1S/C8H12N2/c1-2-3-4-8-7(9)5-6-10-8/h3-6,10H,2,9H2,1H3/b4-3-. The van der Waals surface area contributed by atoms with Crippen molar-refractivity contribution in [2.24, 2.45) is 0 Å². The van der Waals surface area contributed by atoms with Crippen LogP contribution in [0.2, 0.25) is 0 Å². The highest BCUT2D eigenvalue weighted by molar-refractivity contribution is 5.60. The maximum Gasteiger partial charge on any atom is 0.0610 e. The molecule has 1 rings (SSSR count). The van der Waals surface area contributed by atoms with E-state index in [2.05, 4.69) is 18.0 Å². The summed E-state index contributed by atoms with van der Waals surface area (Å²) in [6.45, 7) is 2.09. The highest BCUT2D eigenvalue weighted by atomic mass is 14.7. The molecule has 0 atom stereocenters. The molecule has 0 saturated carbocycles. The van der Waals surface area contributed by atoms with Gasteiger partial charge < -0.3 is 10.7 Å². The van der Waals surface area contributed by atoms with E-state index in [-0.39, 0.29) is 0 Å². The first-order valence-electron chi connectivity index (χ1n) is 3.44. The molecule has 1 aromatic heterocycles. The average Bonchev–Trinajstić information content (AvgIpc) is 2.31. The number of nitrogen functional groups attached to an aromatic ring is 1. The molecule has 1 heterocycles. The molecule has 2 heteroatoms. The van der Waals surface area contributed by atoms with Gasteiger partial charge in [0, 0.05) is 6.20 Å². The molecule has 0 amide bonds. The van der Waals surface area contributed by atoms with Crippen LogP contribution < -0.4 is 5.73 Å². The fraction of sp³-hybridized carbons (Fsp3) is 0.250. The molecule has 0 spiro atoms. The van der Waals surface area contributed by atoms with Crippen LogP contribution in [0.15, 0.2) is 18.3 Å². The quantitative estimate of drug-likeness (QED) is 0.641. The summed E-state index contributed by atoms with van der Waals surface area (Å²) < 4.78 is 0. The Balaban J connectivity index is 2.74. The molecule has 0 fully saturated rings. The fourth-order valence-corrected chi connectivity index (χ4v) is 0.774. The monoisotopic (exact) mass is 136 g/mol. The van der Waals surface area contributed by atoms with Crippen molar-refractivity contribution in [3.63, 3.8) is 0 Å². The van der Waals surface area contributed by atoms with Gasteiger partial charge in [0.15, 0.2) is 0 Å². The SMILES string of the molecule is CC/C=C\c1[nH]ccc1N. The molecule has 54 valence electrons. The number of allylic oxidation sites excluding steroid dienone is 1. The number of nitrogens with two attached hydrogens (primary N) is 1.